The molecule has 0 radical (unpaired) electrons. The van der Waals surface area contributed by atoms with Gasteiger partial charge < -0.3 is 19.9 Å². The van der Waals surface area contributed by atoms with E-state index in [0.29, 0.717) is 18.6 Å². The Balaban J connectivity index is 1.26. The molecule has 2 aliphatic rings. The molecule has 1 atom stereocenters. The highest BCUT2D eigenvalue weighted by Gasteiger charge is 2.24. The zero-order valence-electron chi connectivity index (χ0n) is 18.1. The van der Waals surface area contributed by atoms with Crippen LogP contribution < -0.4 is 15.0 Å². The van der Waals surface area contributed by atoms with Gasteiger partial charge in [-0.25, -0.2) is 0 Å². The van der Waals surface area contributed by atoms with Crippen LogP contribution in [-0.4, -0.2) is 50.1 Å². The lowest BCUT2D eigenvalue weighted by molar-refractivity contribution is -0.115. The third-order valence-electron chi connectivity index (χ3n) is 6.30. The van der Waals surface area contributed by atoms with Crippen LogP contribution in [0.1, 0.15) is 37.7 Å². The molecular weight excluding hydrogens is 374 g/mol. The highest BCUT2D eigenvalue weighted by molar-refractivity contribution is 5.92. The van der Waals surface area contributed by atoms with Gasteiger partial charge in [-0.1, -0.05) is 12.1 Å². The minimum absolute atomic E-state index is 0.000977. The van der Waals surface area contributed by atoms with Crippen molar-refractivity contribution in [1.82, 2.24) is 4.90 Å². The Morgan fingerprint density at radius 3 is 2.37 bits per heavy atom. The molecule has 1 heterocycles. The fourth-order valence-electron chi connectivity index (χ4n) is 4.43. The monoisotopic (exact) mass is 407 g/mol. The summed E-state index contributed by atoms with van der Waals surface area (Å²) in [5.41, 5.74) is 3.05. The summed E-state index contributed by atoms with van der Waals surface area (Å²) >= 11 is 0. The molecule has 1 saturated heterocycles. The quantitative estimate of drug-likeness (QED) is 0.742. The van der Waals surface area contributed by atoms with E-state index in [4.69, 9.17) is 4.74 Å². The molecule has 1 aliphatic heterocycles. The van der Waals surface area contributed by atoms with Crippen LogP contribution in [0.5, 0.6) is 5.75 Å². The smallest absolute Gasteiger partial charge is 0.228 e. The highest BCUT2D eigenvalue weighted by Crippen LogP contribution is 2.25. The summed E-state index contributed by atoms with van der Waals surface area (Å²) in [6, 6.07) is 16.7. The third-order valence-corrected chi connectivity index (χ3v) is 6.30. The molecule has 5 heteroatoms. The Labute approximate surface area is 180 Å². The van der Waals surface area contributed by atoms with Gasteiger partial charge in [0, 0.05) is 30.5 Å². The molecule has 2 fully saturated rings. The van der Waals surface area contributed by atoms with Gasteiger partial charge in [0.1, 0.15) is 5.75 Å². The molecule has 160 valence electrons. The SMILES string of the molecule is CN(C)C1CCN(c2ccc(NC(=O)Cc3ccc(OC4CCCC4)cc3)cc2)C1. The van der Waals surface area contributed by atoms with Crippen molar-refractivity contribution in [2.24, 2.45) is 0 Å². The molecule has 2 aromatic carbocycles. The van der Waals surface area contributed by atoms with Crippen LogP contribution in [0.15, 0.2) is 48.5 Å². The molecule has 0 bridgehead atoms. The zero-order valence-corrected chi connectivity index (χ0v) is 18.1. The molecule has 0 spiro atoms. The van der Waals surface area contributed by atoms with Crippen molar-refractivity contribution in [1.29, 1.82) is 0 Å². The lowest BCUT2D eigenvalue weighted by Crippen LogP contribution is -2.31. The maximum atomic E-state index is 12.4. The number of anilines is 2. The van der Waals surface area contributed by atoms with Gasteiger partial charge in [0.2, 0.25) is 5.91 Å². The number of amides is 1. The molecular formula is C25H33N3O2. The van der Waals surface area contributed by atoms with Crippen molar-refractivity contribution in [3.63, 3.8) is 0 Å². The zero-order chi connectivity index (χ0) is 20.9. The molecule has 1 amide bonds. The predicted octanol–water partition coefficient (Wildman–Crippen LogP) is 4.33. The van der Waals surface area contributed by atoms with Crippen molar-refractivity contribution >= 4 is 17.3 Å². The lowest BCUT2D eigenvalue weighted by Gasteiger charge is -2.22. The Hall–Kier alpha value is -2.53. The Morgan fingerprint density at radius 1 is 1.03 bits per heavy atom. The number of nitrogens with zero attached hydrogens (tertiary/aromatic N) is 2. The number of nitrogens with one attached hydrogen (secondary N) is 1. The maximum absolute atomic E-state index is 12.4. The van der Waals surface area contributed by atoms with E-state index in [1.54, 1.807) is 0 Å². The molecule has 5 nitrogen and oxygen atoms in total. The molecule has 2 aromatic rings. The van der Waals surface area contributed by atoms with Crippen molar-refractivity contribution in [2.45, 2.75) is 50.7 Å². The second-order valence-corrected chi connectivity index (χ2v) is 8.79. The number of likely N-dealkylation sites (N-methyl/N-ethyl adjacent to an activating group) is 1. The number of hydrogen-bond acceptors (Lipinski definition) is 4. The summed E-state index contributed by atoms with van der Waals surface area (Å²) in [4.78, 5) is 17.1. The van der Waals surface area contributed by atoms with Crippen LogP contribution in [-0.2, 0) is 11.2 Å². The van der Waals surface area contributed by atoms with Crippen LogP contribution in [0.4, 0.5) is 11.4 Å². The fraction of sp³-hybridized carbons (Fsp3) is 0.480. The maximum Gasteiger partial charge on any atom is 0.228 e. The normalized spacial score (nSPS) is 19.4. The summed E-state index contributed by atoms with van der Waals surface area (Å²) < 4.78 is 6.00. The second kappa shape index (κ2) is 9.52. The molecule has 0 aromatic heterocycles. The number of carbonyl (C=O) groups is 1. The van der Waals surface area contributed by atoms with Gasteiger partial charge in [-0.2, -0.15) is 0 Å². The first-order chi connectivity index (χ1) is 14.6. The van der Waals surface area contributed by atoms with Crippen LogP contribution in [0.3, 0.4) is 0 Å². The summed E-state index contributed by atoms with van der Waals surface area (Å²) in [7, 11) is 4.28. The van der Waals surface area contributed by atoms with E-state index in [-0.39, 0.29) is 5.91 Å². The van der Waals surface area contributed by atoms with Gasteiger partial charge in [0.15, 0.2) is 0 Å². The van der Waals surface area contributed by atoms with Crippen molar-refractivity contribution in [2.75, 3.05) is 37.4 Å². The van der Waals surface area contributed by atoms with Gasteiger partial charge in [0.25, 0.3) is 0 Å². The van der Waals surface area contributed by atoms with Gasteiger partial charge in [-0.3, -0.25) is 4.79 Å². The van der Waals surface area contributed by atoms with E-state index in [0.717, 1.165) is 42.9 Å². The Morgan fingerprint density at radius 2 is 1.73 bits per heavy atom. The molecule has 1 saturated carbocycles. The number of rotatable bonds is 7. The topological polar surface area (TPSA) is 44.8 Å². The summed E-state index contributed by atoms with van der Waals surface area (Å²) in [6.45, 7) is 2.13. The van der Waals surface area contributed by atoms with Crippen molar-refractivity contribution < 1.29 is 9.53 Å². The van der Waals surface area contributed by atoms with Gasteiger partial charge in [-0.15, -0.1) is 0 Å². The van der Waals surface area contributed by atoms with E-state index in [1.807, 2.05) is 36.4 Å². The third kappa shape index (κ3) is 5.33. The van der Waals surface area contributed by atoms with E-state index in [1.165, 1.54) is 24.9 Å². The highest BCUT2D eigenvalue weighted by atomic mass is 16.5. The molecule has 1 N–H and O–H groups in total. The van der Waals surface area contributed by atoms with Gasteiger partial charge in [0.05, 0.1) is 12.5 Å². The van der Waals surface area contributed by atoms with Crippen molar-refractivity contribution in [3.05, 3.63) is 54.1 Å². The molecule has 1 aliphatic carbocycles. The summed E-state index contributed by atoms with van der Waals surface area (Å²) in [5.74, 6) is 0.904. The van der Waals surface area contributed by atoms with Crippen LogP contribution >= 0.6 is 0 Å². The minimum Gasteiger partial charge on any atom is -0.490 e. The van der Waals surface area contributed by atoms with E-state index in [9.17, 15) is 4.79 Å². The molecule has 4 rings (SSSR count). The average Bonchev–Trinajstić information content (AvgIpc) is 3.42. The first kappa shape index (κ1) is 20.7. The minimum atomic E-state index is 0.000977. The average molecular weight is 408 g/mol. The molecule has 1 unspecified atom stereocenters. The van der Waals surface area contributed by atoms with Crippen LogP contribution in [0, 0.1) is 0 Å². The Kier molecular flexibility index (Phi) is 6.58. The fourth-order valence-corrected chi connectivity index (χ4v) is 4.43. The van der Waals surface area contributed by atoms with Gasteiger partial charge >= 0.3 is 0 Å². The molecule has 30 heavy (non-hydrogen) atoms. The van der Waals surface area contributed by atoms with Crippen LogP contribution in [0.25, 0.3) is 0 Å². The van der Waals surface area contributed by atoms with Crippen LogP contribution in [0.2, 0.25) is 0 Å². The van der Waals surface area contributed by atoms with Gasteiger partial charge in [-0.05, 0) is 88.2 Å². The second-order valence-electron chi connectivity index (χ2n) is 8.79. The van der Waals surface area contributed by atoms with E-state index < -0.39 is 0 Å². The number of benzene rings is 2. The first-order valence-corrected chi connectivity index (χ1v) is 11.1. The lowest BCUT2D eigenvalue weighted by atomic mass is 10.1. The Bertz CT molecular complexity index is 826. The predicted molar refractivity (Wildman–Crippen MR) is 122 cm³/mol. The summed E-state index contributed by atoms with van der Waals surface area (Å²) in [5, 5.41) is 3.01. The number of carbonyl (C=O) groups excluding carboxylic acids is 1. The van der Waals surface area contributed by atoms with E-state index in [2.05, 4.69) is 41.3 Å². The standard InChI is InChI=1S/C25H33N3O2/c1-27(2)22-15-16-28(18-22)21-11-9-20(10-12-21)26-25(29)17-19-7-13-24(14-8-19)30-23-5-3-4-6-23/h7-14,22-23H,3-6,15-18H2,1-2H3,(H,26,29). The van der Waals surface area contributed by atoms with E-state index >= 15 is 0 Å². The number of hydrogen-bond donors (Lipinski definition) is 1. The summed E-state index contributed by atoms with van der Waals surface area (Å²) in [6.07, 6.45) is 6.74. The number of ether oxygens (including phenoxy) is 1. The first-order valence-electron chi connectivity index (χ1n) is 11.1. The largest absolute Gasteiger partial charge is 0.490 e. The van der Waals surface area contributed by atoms with Crippen molar-refractivity contribution in [3.8, 4) is 5.75 Å².